The maximum Gasteiger partial charge on any atom is 0.614 e. The van der Waals surface area contributed by atoms with E-state index >= 15 is 0 Å². The van der Waals surface area contributed by atoms with Crippen molar-refractivity contribution < 1.29 is 12.6 Å². The van der Waals surface area contributed by atoms with Gasteiger partial charge in [0.25, 0.3) is 0 Å². The number of rotatable bonds is 6. The van der Waals surface area contributed by atoms with Gasteiger partial charge in [-0.15, -0.1) is 0 Å². The molecular weight excluding hydrogens is 274 g/mol. The summed E-state index contributed by atoms with van der Waals surface area (Å²) in [5, 5.41) is 0.0481. The molecule has 1 atom stereocenters. The van der Waals surface area contributed by atoms with E-state index in [1.807, 2.05) is 27.7 Å². The van der Waals surface area contributed by atoms with Crippen LogP contribution >= 0.6 is 0 Å². The molecule has 0 bridgehead atoms. The fourth-order valence-corrected chi connectivity index (χ4v) is 3.74. The van der Waals surface area contributed by atoms with Gasteiger partial charge in [0.15, 0.2) is 0 Å². The third-order valence-electron chi connectivity index (χ3n) is 4.06. The van der Waals surface area contributed by atoms with Crippen molar-refractivity contribution in [3.63, 3.8) is 0 Å². The average Bonchev–Trinajstić information content (AvgIpc) is 2.35. The molecule has 0 saturated heterocycles. The highest BCUT2D eigenvalue weighted by molar-refractivity contribution is 6.74. The van der Waals surface area contributed by atoms with Crippen molar-refractivity contribution in [2.45, 2.75) is 59.5 Å². The smallest absolute Gasteiger partial charge is 0.358 e. The summed E-state index contributed by atoms with van der Waals surface area (Å²) >= 11 is 0. The van der Waals surface area contributed by atoms with Crippen molar-refractivity contribution in [2.75, 3.05) is 0 Å². The molecular formula is C16H26F2OSi. The van der Waals surface area contributed by atoms with Crippen LogP contribution in [0.3, 0.4) is 0 Å². The summed E-state index contributed by atoms with van der Waals surface area (Å²) in [4.78, 5) is 0. The molecule has 0 aromatic heterocycles. The van der Waals surface area contributed by atoms with Crippen LogP contribution in [-0.2, 0) is 4.43 Å². The second kappa shape index (κ2) is 6.35. The molecule has 0 spiro atoms. The maximum atomic E-state index is 14.5. The van der Waals surface area contributed by atoms with E-state index in [0.29, 0.717) is 6.42 Å². The quantitative estimate of drug-likeness (QED) is 0.542. The van der Waals surface area contributed by atoms with E-state index in [1.165, 1.54) is 12.1 Å². The zero-order valence-electron chi connectivity index (χ0n) is 13.2. The number of hydrogen-bond donors (Lipinski definition) is 0. The lowest BCUT2D eigenvalue weighted by molar-refractivity contribution is -0.0496. The van der Waals surface area contributed by atoms with Gasteiger partial charge in [-0.3, -0.25) is 0 Å². The fourth-order valence-electron chi connectivity index (χ4n) is 2.07. The summed E-state index contributed by atoms with van der Waals surface area (Å²) in [6.07, 6.45) is 2.53. The van der Waals surface area contributed by atoms with Crippen LogP contribution in [0.4, 0.5) is 8.22 Å². The van der Waals surface area contributed by atoms with Gasteiger partial charge in [0, 0.05) is 5.19 Å². The summed E-state index contributed by atoms with van der Waals surface area (Å²) in [7, 11) is -4.87. The summed E-state index contributed by atoms with van der Waals surface area (Å²) < 4.78 is 34.5. The Morgan fingerprint density at radius 3 is 2.05 bits per heavy atom. The van der Waals surface area contributed by atoms with Crippen LogP contribution in [0, 0.1) is 5.41 Å². The number of hydrogen-bond acceptors (Lipinski definition) is 1. The second-order valence-electron chi connectivity index (χ2n) is 6.57. The van der Waals surface area contributed by atoms with E-state index in [1.54, 1.807) is 18.2 Å². The first-order chi connectivity index (χ1) is 9.12. The van der Waals surface area contributed by atoms with Crippen LogP contribution in [0.5, 0.6) is 0 Å². The Morgan fingerprint density at radius 2 is 1.60 bits per heavy atom. The van der Waals surface area contributed by atoms with Crippen molar-refractivity contribution in [3.8, 4) is 0 Å². The summed E-state index contributed by atoms with van der Waals surface area (Å²) in [5.74, 6) is 0. The zero-order valence-corrected chi connectivity index (χ0v) is 14.2. The lowest BCUT2D eigenvalue weighted by atomic mass is 9.75. The van der Waals surface area contributed by atoms with Crippen LogP contribution < -0.4 is 5.19 Å². The van der Waals surface area contributed by atoms with E-state index < -0.39 is 14.6 Å². The molecule has 0 heterocycles. The average molecular weight is 300 g/mol. The van der Waals surface area contributed by atoms with Gasteiger partial charge in [0.1, 0.15) is 0 Å². The van der Waals surface area contributed by atoms with E-state index in [4.69, 9.17) is 4.43 Å². The molecule has 0 aliphatic heterocycles. The molecule has 20 heavy (non-hydrogen) atoms. The number of unbranched alkanes of at least 4 members (excludes halogenated alkanes) is 1. The van der Waals surface area contributed by atoms with E-state index in [9.17, 15) is 8.22 Å². The fraction of sp³-hybridized carbons (Fsp3) is 0.625. The van der Waals surface area contributed by atoms with Crippen LogP contribution in [0.15, 0.2) is 30.3 Å². The lowest BCUT2D eigenvalue weighted by Gasteiger charge is -2.43. The Kier molecular flexibility index (Phi) is 5.50. The topological polar surface area (TPSA) is 9.23 Å². The van der Waals surface area contributed by atoms with E-state index in [-0.39, 0.29) is 10.6 Å². The van der Waals surface area contributed by atoms with Crippen LogP contribution in [0.1, 0.15) is 53.9 Å². The summed E-state index contributed by atoms with van der Waals surface area (Å²) in [5.41, 5.74) is -1.14. The maximum absolute atomic E-state index is 14.5. The van der Waals surface area contributed by atoms with Gasteiger partial charge >= 0.3 is 8.99 Å². The molecule has 1 aromatic carbocycles. The van der Waals surface area contributed by atoms with Crippen molar-refractivity contribution in [2.24, 2.45) is 5.41 Å². The van der Waals surface area contributed by atoms with Crippen molar-refractivity contribution in [1.29, 1.82) is 0 Å². The molecule has 0 fully saturated rings. The Bertz CT molecular complexity index is 414. The van der Waals surface area contributed by atoms with Gasteiger partial charge in [-0.25, -0.2) is 8.22 Å². The summed E-state index contributed by atoms with van der Waals surface area (Å²) in [6, 6.07) is 7.96. The molecule has 1 aromatic rings. The molecule has 1 unspecified atom stereocenters. The Labute approximate surface area is 122 Å². The monoisotopic (exact) mass is 300 g/mol. The Hall–Kier alpha value is -0.743. The number of halogens is 2. The SMILES string of the molecule is CCCCC(C)(O[Si](F)(F)c1ccccc1)C(C)(C)C. The minimum atomic E-state index is -4.87. The first kappa shape index (κ1) is 17.3. The third kappa shape index (κ3) is 4.12. The minimum Gasteiger partial charge on any atom is -0.358 e. The highest BCUT2D eigenvalue weighted by Gasteiger charge is 2.51. The predicted octanol–water partition coefficient (Wildman–Crippen LogP) is 4.78. The van der Waals surface area contributed by atoms with Gasteiger partial charge in [-0.2, -0.15) is 0 Å². The normalized spacial score (nSPS) is 15.9. The highest BCUT2D eigenvalue weighted by Crippen LogP contribution is 2.40. The van der Waals surface area contributed by atoms with Gasteiger partial charge in [0.2, 0.25) is 0 Å². The molecule has 114 valence electrons. The van der Waals surface area contributed by atoms with Crippen molar-refractivity contribution in [1.82, 2.24) is 0 Å². The highest BCUT2D eigenvalue weighted by atomic mass is 28.4. The molecule has 0 saturated carbocycles. The van der Waals surface area contributed by atoms with Crippen LogP contribution in [0.2, 0.25) is 0 Å². The Balaban J connectivity index is 3.00. The summed E-state index contributed by atoms with van der Waals surface area (Å²) in [6.45, 7) is 9.80. The van der Waals surface area contributed by atoms with Gasteiger partial charge in [-0.05, 0) is 18.8 Å². The number of benzene rings is 1. The van der Waals surface area contributed by atoms with Gasteiger partial charge in [0.05, 0.1) is 5.60 Å². The third-order valence-corrected chi connectivity index (χ3v) is 5.77. The molecule has 1 nitrogen and oxygen atoms in total. The Morgan fingerprint density at radius 1 is 1.05 bits per heavy atom. The molecule has 0 aliphatic carbocycles. The van der Waals surface area contributed by atoms with Crippen LogP contribution in [-0.4, -0.2) is 14.6 Å². The largest absolute Gasteiger partial charge is 0.614 e. The second-order valence-corrected chi connectivity index (χ2v) is 8.38. The molecule has 0 amide bonds. The molecule has 0 aliphatic rings. The van der Waals surface area contributed by atoms with Crippen molar-refractivity contribution in [3.05, 3.63) is 30.3 Å². The standard InChI is InChI=1S/C16H26F2OSi/c1-6-7-13-16(5,15(2,3)4)19-20(17,18)14-11-9-8-10-12-14/h8-12H,6-7,13H2,1-5H3. The zero-order chi connectivity index (χ0) is 15.4. The molecule has 0 N–H and O–H groups in total. The predicted molar refractivity (Wildman–Crippen MR) is 82.5 cm³/mol. The van der Waals surface area contributed by atoms with E-state index in [2.05, 4.69) is 6.92 Å². The first-order valence-electron chi connectivity index (χ1n) is 7.26. The van der Waals surface area contributed by atoms with Crippen molar-refractivity contribution >= 4 is 14.2 Å². The minimum absolute atomic E-state index is 0.0481. The molecule has 0 radical (unpaired) electrons. The van der Waals surface area contributed by atoms with Gasteiger partial charge < -0.3 is 4.43 Å². The molecule has 1 rings (SSSR count). The molecule has 4 heteroatoms. The van der Waals surface area contributed by atoms with E-state index in [0.717, 1.165) is 12.8 Å². The van der Waals surface area contributed by atoms with Gasteiger partial charge in [-0.1, -0.05) is 70.9 Å². The van der Waals surface area contributed by atoms with Crippen LogP contribution in [0.25, 0.3) is 0 Å². The first-order valence-corrected chi connectivity index (χ1v) is 8.92. The lowest BCUT2D eigenvalue weighted by Crippen LogP contribution is -2.54.